The highest BCUT2D eigenvalue weighted by molar-refractivity contribution is 4.91. The fraction of sp³-hybridized carbons (Fsp3) is 0.800. The van der Waals surface area contributed by atoms with E-state index in [0.717, 1.165) is 18.1 Å². The number of nitrogens with zero attached hydrogens (tertiary/aromatic N) is 2. The molecule has 80 valence electrons. The summed E-state index contributed by atoms with van der Waals surface area (Å²) in [6.45, 7) is 9.07. The van der Waals surface area contributed by atoms with Crippen molar-refractivity contribution in [1.82, 2.24) is 15.5 Å². The molecular weight excluding hydrogens is 178 g/mol. The van der Waals surface area contributed by atoms with Crippen molar-refractivity contribution in [2.75, 3.05) is 0 Å². The molecule has 1 N–H and O–H groups in total. The normalized spacial score (nSPS) is 13.5. The smallest absolute Gasteiger partial charge is 0.229 e. The molecule has 1 atom stereocenters. The molecule has 0 bridgehead atoms. The third kappa shape index (κ3) is 3.10. The van der Waals surface area contributed by atoms with Gasteiger partial charge in [-0.15, -0.1) is 0 Å². The molecule has 1 unspecified atom stereocenters. The van der Waals surface area contributed by atoms with E-state index in [-0.39, 0.29) is 0 Å². The lowest BCUT2D eigenvalue weighted by Gasteiger charge is -2.03. The van der Waals surface area contributed by atoms with Crippen LogP contribution in [0.4, 0.5) is 0 Å². The van der Waals surface area contributed by atoms with Crippen molar-refractivity contribution in [2.45, 2.75) is 52.6 Å². The van der Waals surface area contributed by atoms with Crippen LogP contribution in [0.3, 0.4) is 0 Å². The zero-order chi connectivity index (χ0) is 10.6. The molecule has 0 aliphatic heterocycles. The molecule has 1 aromatic heterocycles. The van der Waals surface area contributed by atoms with Crippen LogP contribution < -0.4 is 5.32 Å². The zero-order valence-electron chi connectivity index (χ0n) is 9.37. The average Bonchev–Trinajstić information content (AvgIpc) is 2.62. The summed E-state index contributed by atoms with van der Waals surface area (Å²) >= 11 is 0. The number of hydrogen-bond donors (Lipinski definition) is 1. The Morgan fingerprint density at radius 3 is 2.64 bits per heavy atom. The molecule has 1 aromatic rings. The van der Waals surface area contributed by atoms with E-state index in [4.69, 9.17) is 4.52 Å². The van der Waals surface area contributed by atoms with Gasteiger partial charge in [-0.3, -0.25) is 0 Å². The Morgan fingerprint density at radius 1 is 1.36 bits per heavy atom. The van der Waals surface area contributed by atoms with Gasteiger partial charge in [-0.2, -0.15) is 4.98 Å². The second-order valence-corrected chi connectivity index (χ2v) is 3.89. The maximum Gasteiger partial charge on any atom is 0.229 e. The summed E-state index contributed by atoms with van der Waals surface area (Å²) in [6, 6.07) is 0.445. The molecule has 0 radical (unpaired) electrons. The highest BCUT2D eigenvalue weighted by atomic mass is 16.5. The van der Waals surface area contributed by atoms with Crippen LogP contribution in [0, 0.1) is 0 Å². The van der Waals surface area contributed by atoms with Gasteiger partial charge in [-0.1, -0.05) is 32.9 Å². The minimum atomic E-state index is 0.357. The summed E-state index contributed by atoms with van der Waals surface area (Å²) in [6.07, 6.45) is 1.03. The van der Waals surface area contributed by atoms with E-state index in [0.29, 0.717) is 18.5 Å². The van der Waals surface area contributed by atoms with E-state index >= 15 is 0 Å². The first-order valence-electron chi connectivity index (χ1n) is 5.19. The van der Waals surface area contributed by atoms with Crippen molar-refractivity contribution in [3.8, 4) is 0 Å². The summed E-state index contributed by atoms with van der Waals surface area (Å²) < 4.78 is 5.15. The van der Waals surface area contributed by atoms with Gasteiger partial charge >= 0.3 is 0 Å². The lowest BCUT2D eigenvalue weighted by atomic mass is 10.1. The minimum absolute atomic E-state index is 0.357. The Bertz CT molecular complexity index is 270. The molecule has 0 saturated carbocycles. The van der Waals surface area contributed by atoms with E-state index in [1.807, 2.05) is 0 Å². The van der Waals surface area contributed by atoms with Gasteiger partial charge in [-0.05, 0) is 6.42 Å². The van der Waals surface area contributed by atoms with Gasteiger partial charge in [0.2, 0.25) is 5.89 Å². The molecule has 0 amide bonds. The second kappa shape index (κ2) is 5.10. The Morgan fingerprint density at radius 2 is 2.07 bits per heavy atom. The van der Waals surface area contributed by atoms with E-state index in [1.165, 1.54) is 0 Å². The van der Waals surface area contributed by atoms with Crippen molar-refractivity contribution >= 4 is 0 Å². The van der Waals surface area contributed by atoms with Crippen LogP contribution in [0.2, 0.25) is 0 Å². The standard InChI is InChI=1S/C10H19N3O/c1-5-8(4)10-12-9(13-14-10)6-11-7(2)3/h7-8,11H,5-6H2,1-4H3. The monoisotopic (exact) mass is 197 g/mol. The summed E-state index contributed by atoms with van der Waals surface area (Å²) in [7, 11) is 0. The summed E-state index contributed by atoms with van der Waals surface area (Å²) in [5.41, 5.74) is 0. The molecule has 4 heteroatoms. The van der Waals surface area contributed by atoms with Gasteiger partial charge in [0.15, 0.2) is 5.82 Å². The molecule has 14 heavy (non-hydrogen) atoms. The number of rotatable bonds is 5. The molecule has 1 heterocycles. The Hall–Kier alpha value is -0.900. The summed E-state index contributed by atoms with van der Waals surface area (Å²) in [5.74, 6) is 1.84. The van der Waals surface area contributed by atoms with E-state index < -0.39 is 0 Å². The molecule has 1 rings (SSSR count). The van der Waals surface area contributed by atoms with E-state index in [2.05, 4.69) is 43.2 Å². The van der Waals surface area contributed by atoms with E-state index in [1.54, 1.807) is 0 Å². The van der Waals surface area contributed by atoms with Gasteiger partial charge in [0, 0.05) is 12.0 Å². The molecule has 4 nitrogen and oxygen atoms in total. The van der Waals surface area contributed by atoms with Crippen LogP contribution in [0.15, 0.2) is 4.52 Å². The van der Waals surface area contributed by atoms with Crippen molar-refractivity contribution in [3.05, 3.63) is 11.7 Å². The zero-order valence-corrected chi connectivity index (χ0v) is 9.37. The largest absolute Gasteiger partial charge is 0.339 e. The van der Waals surface area contributed by atoms with E-state index in [9.17, 15) is 0 Å². The Kier molecular flexibility index (Phi) is 4.07. The maximum absolute atomic E-state index is 5.15. The molecule has 0 aliphatic rings. The number of aromatic nitrogens is 2. The summed E-state index contributed by atoms with van der Waals surface area (Å²) in [4.78, 5) is 4.31. The lowest BCUT2D eigenvalue weighted by Crippen LogP contribution is -2.22. The SMILES string of the molecule is CCC(C)c1nc(CNC(C)C)no1. The van der Waals surface area contributed by atoms with Gasteiger partial charge in [-0.25, -0.2) is 0 Å². The van der Waals surface area contributed by atoms with Crippen molar-refractivity contribution in [2.24, 2.45) is 0 Å². The predicted octanol–water partition coefficient (Wildman–Crippen LogP) is 2.08. The first kappa shape index (κ1) is 11.2. The Balaban J connectivity index is 2.50. The van der Waals surface area contributed by atoms with Gasteiger partial charge in [0.25, 0.3) is 0 Å². The fourth-order valence-corrected chi connectivity index (χ4v) is 1.01. The minimum Gasteiger partial charge on any atom is -0.339 e. The predicted molar refractivity (Wildman–Crippen MR) is 55.0 cm³/mol. The fourth-order valence-electron chi connectivity index (χ4n) is 1.01. The average molecular weight is 197 g/mol. The first-order valence-corrected chi connectivity index (χ1v) is 5.19. The van der Waals surface area contributed by atoms with Crippen molar-refractivity contribution in [1.29, 1.82) is 0 Å². The third-order valence-electron chi connectivity index (χ3n) is 2.19. The van der Waals surface area contributed by atoms with Crippen LogP contribution in [-0.4, -0.2) is 16.2 Å². The number of hydrogen-bond acceptors (Lipinski definition) is 4. The van der Waals surface area contributed by atoms with Crippen molar-refractivity contribution < 1.29 is 4.52 Å². The van der Waals surface area contributed by atoms with Crippen LogP contribution in [0.5, 0.6) is 0 Å². The Labute approximate surface area is 85.1 Å². The molecule has 0 fully saturated rings. The van der Waals surface area contributed by atoms with Crippen LogP contribution in [0.1, 0.15) is 51.7 Å². The lowest BCUT2D eigenvalue weighted by molar-refractivity contribution is 0.351. The van der Waals surface area contributed by atoms with Crippen LogP contribution >= 0.6 is 0 Å². The van der Waals surface area contributed by atoms with Gasteiger partial charge in [0.05, 0.1) is 6.54 Å². The maximum atomic E-state index is 5.15. The van der Waals surface area contributed by atoms with Gasteiger partial charge in [0.1, 0.15) is 0 Å². The first-order chi connectivity index (χ1) is 6.63. The molecular formula is C10H19N3O. The van der Waals surface area contributed by atoms with Crippen LogP contribution in [-0.2, 0) is 6.54 Å². The van der Waals surface area contributed by atoms with Crippen LogP contribution in [0.25, 0.3) is 0 Å². The second-order valence-electron chi connectivity index (χ2n) is 3.89. The summed E-state index contributed by atoms with van der Waals surface area (Å²) in [5, 5.41) is 7.16. The molecule has 0 saturated heterocycles. The van der Waals surface area contributed by atoms with Gasteiger partial charge < -0.3 is 9.84 Å². The number of nitrogens with one attached hydrogen (secondary N) is 1. The molecule has 0 spiro atoms. The topological polar surface area (TPSA) is 51.0 Å². The highest BCUT2D eigenvalue weighted by Gasteiger charge is 2.11. The molecule has 0 aromatic carbocycles. The molecule has 0 aliphatic carbocycles. The third-order valence-corrected chi connectivity index (χ3v) is 2.19. The quantitative estimate of drug-likeness (QED) is 0.785. The highest BCUT2D eigenvalue weighted by Crippen LogP contribution is 2.15. The van der Waals surface area contributed by atoms with Crippen molar-refractivity contribution in [3.63, 3.8) is 0 Å².